The molecule has 0 aliphatic carbocycles. The zero-order valence-corrected chi connectivity index (χ0v) is 19.9. The Labute approximate surface area is 190 Å². The van der Waals surface area contributed by atoms with E-state index in [-0.39, 0.29) is 11.5 Å². The average Bonchev–Trinajstić information content (AvgIpc) is 3.18. The number of rotatable bonds is 9. The minimum Gasteiger partial charge on any atom is -0.377 e. The minimum atomic E-state index is -0.00632. The van der Waals surface area contributed by atoms with E-state index in [0.717, 1.165) is 67.9 Å². The Hall–Kier alpha value is -2.12. The van der Waals surface area contributed by atoms with Gasteiger partial charge in [0.15, 0.2) is 11.8 Å². The zero-order chi connectivity index (χ0) is 22.3. The molecular formula is C23H35ClN6O. The summed E-state index contributed by atoms with van der Waals surface area (Å²) in [6, 6.07) is 8.47. The van der Waals surface area contributed by atoms with Crippen LogP contribution >= 0.6 is 11.6 Å². The fraction of sp³-hybridized carbons (Fsp3) is 0.609. The van der Waals surface area contributed by atoms with Crippen LogP contribution in [0.1, 0.15) is 57.2 Å². The molecule has 0 radical (unpaired) electrons. The minimum absolute atomic E-state index is 0.00632. The van der Waals surface area contributed by atoms with Crippen molar-refractivity contribution in [1.82, 2.24) is 25.4 Å². The summed E-state index contributed by atoms with van der Waals surface area (Å²) >= 11 is 6.11. The van der Waals surface area contributed by atoms with Gasteiger partial charge in [-0.25, -0.2) is 9.67 Å². The quantitative estimate of drug-likeness (QED) is 0.453. The molecule has 3 rings (SSSR count). The van der Waals surface area contributed by atoms with E-state index in [4.69, 9.17) is 21.3 Å². The molecule has 0 spiro atoms. The molecule has 0 bridgehead atoms. The highest BCUT2D eigenvalue weighted by molar-refractivity contribution is 6.30. The molecule has 2 aromatic rings. The number of nitrogens with one attached hydrogen (secondary N) is 2. The Morgan fingerprint density at radius 3 is 2.65 bits per heavy atom. The third-order valence-electron chi connectivity index (χ3n) is 6.21. The van der Waals surface area contributed by atoms with Gasteiger partial charge in [0.1, 0.15) is 12.4 Å². The number of aryl methyl sites for hydroxylation is 1. The van der Waals surface area contributed by atoms with Crippen molar-refractivity contribution in [2.75, 3.05) is 20.2 Å². The molecule has 7 nitrogen and oxygen atoms in total. The van der Waals surface area contributed by atoms with Crippen LogP contribution in [0, 0.1) is 0 Å². The molecule has 0 amide bonds. The molecule has 31 heavy (non-hydrogen) atoms. The van der Waals surface area contributed by atoms with Crippen molar-refractivity contribution in [3.63, 3.8) is 0 Å². The largest absolute Gasteiger partial charge is 0.377 e. The molecule has 0 saturated heterocycles. The summed E-state index contributed by atoms with van der Waals surface area (Å²) in [5.41, 5.74) is 1.28. The van der Waals surface area contributed by atoms with Gasteiger partial charge in [-0.1, -0.05) is 37.6 Å². The number of methoxy groups -OCH3 is 1. The summed E-state index contributed by atoms with van der Waals surface area (Å²) in [5, 5.41) is 12.4. The van der Waals surface area contributed by atoms with Crippen LogP contribution in [0.15, 0.2) is 29.3 Å². The number of fused-ring (bicyclic) bond motifs is 1. The van der Waals surface area contributed by atoms with Gasteiger partial charge in [-0.3, -0.25) is 4.99 Å². The van der Waals surface area contributed by atoms with E-state index in [9.17, 15) is 0 Å². The molecule has 8 heteroatoms. The summed E-state index contributed by atoms with van der Waals surface area (Å²) in [4.78, 5) is 9.57. The van der Waals surface area contributed by atoms with Crippen LogP contribution in [0.25, 0.3) is 0 Å². The number of ether oxygens (including phenoxy) is 1. The molecule has 2 heterocycles. The van der Waals surface area contributed by atoms with Crippen molar-refractivity contribution in [3.05, 3.63) is 46.5 Å². The number of nitrogens with zero attached hydrogens (tertiary/aromatic N) is 4. The number of benzene rings is 1. The first kappa shape index (κ1) is 23.5. The molecule has 1 aliphatic rings. The van der Waals surface area contributed by atoms with Crippen molar-refractivity contribution in [2.45, 2.75) is 71.1 Å². The van der Waals surface area contributed by atoms with Crippen LogP contribution in [-0.4, -0.2) is 47.0 Å². The topological polar surface area (TPSA) is 76.4 Å². The second kappa shape index (κ2) is 11.0. The number of aromatic nitrogens is 3. The predicted octanol–water partition coefficient (Wildman–Crippen LogP) is 3.71. The van der Waals surface area contributed by atoms with Crippen molar-refractivity contribution < 1.29 is 4.74 Å². The molecular weight excluding hydrogens is 412 g/mol. The van der Waals surface area contributed by atoms with Gasteiger partial charge in [0.05, 0.1) is 13.1 Å². The molecule has 0 fully saturated rings. The first-order valence-corrected chi connectivity index (χ1v) is 11.6. The maximum absolute atomic E-state index is 6.11. The van der Waals surface area contributed by atoms with Gasteiger partial charge in [0, 0.05) is 36.6 Å². The number of guanidine groups is 1. The van der Waals surface area contributed by atoms with E-state index in [1.54, 1.807) is 7.11 Å². The third-order valence-corrected chi connectivity index (χ3v) is 6.46. The van der Waals surface area contributed by atoms with Gasteiger partial charge in [-0.2, -0.15) is 5.10 Å². The van der Waals surface area contributed by atoms with Crippen molar-refractivity contribution >= 4 is 17.6 Å². The van der Waals surface area contributed by atoms with E-state index in [1.165, 1.54) is 5.56 Å². The van der Waals surface area contributed by atoms with Crippen molar-refractivity contribution in [3.8, 4) is 0 Å². The highest BCUT2D eigenvalue weighted by Gasteiger charge is 2.29. The van der Waals surface area contributed by atoms with Crippen LogP contribution < -0.4 is 10.6 Å². The molecule has 1 atom stereocenters. The molecule has 1 aromatic heterocycles. The maximum Gasteiger partial charge on any atom is 0.191 e. The Morgan fingerprint density at radius 1 is 1.26 bits per heavy atom. The summed E-state index contributed by atoms with van der Waals surface area (Å²) in [6.07, 6.45) is 3.93. The molecule has 1 unspecified atom stereocenters. The van der Waals surface area contributed by atoms with Crippen LogP contribution in [0.2, 0.25) is 5.02 Å². The normalized spacial score (nSPS) is 16.8. The third kappa shape index (κ3) is 5.77. The lowest BCUT2D eigenvalue weighted by atomic mass is 9.76. The summed E-state index contributed by atoms with van der Waals surface area (Å²) in [5.74, 6) is 2.64. The summed E-state index contributed by atoms with van der Waals surface area (Å²) in [7, 11) is 1.67. The van der Waals surface area contributed by atoms with Crippen LogP contribution in [0.4, 0.5) is 0 Å². The fourth-order valence-corrected chi connectivity index (χ4v) is 4.32. The smallest absolute Gasteiger partial charge is 0.191 e. The monoisotopic (exact) mass is 446 g/mol. The molecule has 1 aromatic carbocycles. The van der Waals surface area contributed by atoms with Gasteiger partial charge >= 0.3 is 0 Å². The van der Waals surface area contributed by atoms with Crippen LogP contribution in [0.5, 0.6) is 0 Å². The zero-order valence-electron chi connectivity index (χ0n) is 19.1. The van der Waals surface area contributed by atoms with Gasteiger partial charge in [0.25, 0.3) is 0 Å². The van der Waals surface area contributed by atoms with Gasteiger partial charge in [-0.05, 0) is 43.9 Å². The summed E-state index contributed by atoms with van der Waals surface area (Å²) < 4.78 is 7.16. The second-order valence-corrected chi connectivity index (χ2v) is 8.57. The molecule has 170 valence electrons. The van der Waals surface area contributed by atoms with E-state index in [0.29, 0.717) is 6.61 Å². The standard InChI is InChI=1S/C23H35ClN6O/c1-5-23(6-2,17-8-10-18(24)11-9-17)16-26-22(25-7-3)27-19-12-13-21-28-20(15-31-4)29-30(21)14-19/h8-11,19H,5-7,12-16H2,1-4H3,(H2,25,26,27). The first-order valence-electron chi connectivity index (χ1n) is 11.3. The Morgan fingerprint density at radius 2 is 2.00 bits per heavy atom. The van der Waals surface area contributed by atoms with E-state index in [2.05, 4.69) is 53.6 Å². The number of hydrogen-bond donors (Lipinski definition) is 2. The molecule has 1 aliphatic heterocycles. The Balaban J connectivity index is 1.72. The van der Waals surface area contributed by atoms with Gasteiger partial charge in [-0.15, -0.1) is 0 Å². The highest BCUT2D eigenvalue weighted by atomic mass is 35.5. The highest BCUT2D eigenvalue weighted by Crippen LogP contribution is 2.33. The number of aliphatic imine (C=N–C) groups is 1. The lowest BCUT2D eigenvalue weighted by molar-refractivity contribution is 0.177. The fourth-order valence-electron chi connectivity index (χ4n) is 4.19. The van der Waals surface area contributed by atoms with Crippen LogP contribution in [-0.2, 0) is 29.7 Å². The lowest BCUT2D eigenvalue weighted by Crippen LogP contribution is -2.47. The number of halogens is 1. The second-order valence-electron chi connectivity index (χ2n) is 8.13. The molecule has 0 saturated carbocycles. The predicted molar refractivity (Wildman–Crippen MR) is 126 cm³/mol. The van der Waals surface area contributed by atoms with E-state index in [1.807, 2.05) is 16.8 Å². The lowest BCUT2D eigenvalue weighted by Gasteiger charge is -2.32. The molecule has 2 N–H and O–H groups in total. The first-order chi connectivity index (χ1) is 15.0. The van der Waals surface area contributed by atoms with E-state index < -0.39 is 0 Å². The summed E-state index contributed by atoms with van der Waals surface area (Å²) in [6.45, 7) is 9.32. The number of hydrogen-bond acceptors (Lipinski definition) is 4. The Bertz CT molecular complexity index is 859. The van der Waals surface area contributed by atoms with Crippen molar-refractivity contribution in [2.24, 2.45) is 4.99 Å². The van der Waals surface area contributed by atoms with E-state index >= 15 is 0 Å². The van der Waals surface area contributed by atoms with Gasteiger partial charge < -0.3 is 15.4 Å². The average molecular weight is 447 g/mol. The SMILES string of the molecule is CCNC(=NCC(CC)(CC)c1ccc(Cl)cc1)NC1CCc2nc(COC)nn2C1. The Kier molecular flexibility index (Phi) is 8.32. The van der Waals surface area contributed by atoms with Crippen LogP contribution in [0.3, 0.4) is 0 Å². The maximum atomic E-state index is 6.11. The van der Waals surface area contributed by atoms with Gasteiger partial charge in [0.2, 0.25) is 0 Å². The van der Waals surface area contributed by atoms with Crippen molar-refractivity contribution in [1.29, 1.82) is 0 Å².